The normalized spacial score (nSPS) is 31.2. The van der Waals surface area contributed by atoms with Crippen LogP contribution in [0.25, 0.3) is 0 Å². The molecule has 0 saturated heterocycles. The van der Waals surface area contributed by atoms with Crippen LogP contribution in [0.3, 0.4) is 0 Å². The van der Waals surface area contributed by atoms with Gasteiger partial charge in [-0.05, 0) is 25.0 Å². The van der Waals surface area contributed by atoms with Gasteiger partial charge in [-0.25, -0.2) is 0 Å². The lowest BCUT2D eigenvalue weighted by molar-refractivity contribution is 0.443. The van der Waals surface area contributed by atoms with Crippen LogP contribution in [0.4, 0.5) is 5.69 Å². The highest BCUT2D eigenvalue weighted by atomic mass is 15.0. The molecule has 13 heavy (non-hydrogen) atoms. The summed E-state index contributed by atoms with van der Waals surface area (Å²) >= 11 is 0. The molecule has 0 saturated carbocycles. The fourth-order valence-electron chi connectivity index (χ4n) is 2.14. The van der Waals surface area contributed by atoms with Gasteiger partial charge in [-0.1, -0.05) is 32.0 Å². The van der Waals surface area contributed by atoms with E-state index in [9.17, 15) is 0 Å². The summed E-state index contributed by atoms with van der Waals surface area (Å²) in [5, 5.41) is 3.61. The Labute approximate surface area is 80.2 Å². The summed E-state index contributed by atoms with van der Waals surface area (Å²) in [6.07, 6.45) is 1.17. The molecule has 0 bridgehead atoms. The maximum Gasteiger partial charge on any atom is 0.0409 e. The Bertz CT molecular complexity index is 319. The Morgan fingerprint density at radius 3 is 2.69 bits per heavy atom. The maximum atomic E-state index is 3.61. The molecule has 0 amide bonds. The first-order valence-electron chi connectivity index (χ1n) is 5.04. The van der Waals surface area contributed by atoms with Crippen molar-refractivity contribution in [3.63, 3.8) is 0 Å². The zero-order chi connectivity index (χ0) is 9.47. The Morgan fingerprint density at radius 1 is 1.38 bits per heavy atom. The molecule has 1 aliphatic rings. The molecule has 0 spiro atoms. The smallest absolute Gasteiger partial charge is 0.0409 e. The van der Waals surface area contributed by atoms with Gasteiger partial charge in [0.25, 0.3) is 0 Å². The Kier molecular flexibility index (Phi) is 1.83. The summed E-state index contributed by atoms with van der Waals surface area (Å²) in [5.41, 5.74) is 3.04. The van der Waals surface area contributed by atoms with E-state index in [4.69, 9.17) is 0 Å². The lowest BCUT2D eigenvalue weighted by Gasteiger charge is -2.28. The standard InChI is InChI=1S/C12H17N/c1-4-12(3)9(2)10-7-5-6-8-11(10)13-12/h5-9,13H,4H2,1-3H3. The first-order chi connectivity index (χ1) is 6.17. The molecule has 0 radical (unpaired) electrons. The first-order valence-corrected chi connectivity index (χ1v) is 5.04. The van der Waals surface area contributed by atoms with Crippen molar-refractivity contribution in [1.29, 1.82) is 0 Å². The number of anilines is 1. The van der Waals surface area contributed by atoms with Crippen molar-refractivity contribution in [1.82, 2.24) is 0 Å². The van der Waals surface area contributed by atoms with Crippen LogP contribution in [0, 0.1) is 0 Å². The summed E-state index contributed by atoms with van der Waals surface area (Å²) in [6, 6.07) is 8.62. The van der Waals surface area contributed by atoms with E-state index < -0.39 is 0 Å². The number of para-hydroxylation sites is 1. The maximum absolute atomic E-state index is 3.61. The van der Waals surface area contributed by atoms with E-state index >= 15 is 0 Å². The van der Waals surface area contributed by atoms with E-state index in [1.165, 1.54) is 17.7 Å². The molecule has 1 aromatic rings. The second-order valence-electron chi connectivity index (χ2n) is 4.20. The molecule has 1 heterocycles. The van der Waals surface area contributed by atoms with Crippen LogP contribution < -0.4 is 5.32 Å². The number of hydrogen-bond acceptors (Lipinski definition) is 1. The van der Waals surface area contributed by atoms with Crippen molar-refractivity contribution in [2.24, 2.45) is 0 Å². The number of rotatable bonds is 1. The van der Waals surface area contributed by atoms with E-state index in [0.29, 0.717) is 5.92 Å². The van der Waals surface area contributed by atoms with Gasteiger partial charge < -0.3 is 5.32 Å². The van der Waals surface area contributed by atoms with E-state index in [1.807, 2.05) is 0 Å². The zero-order valence-corrected chi connectivity index (χ0v) is 8.59. The van der Waals surface area contributed by atoms with E-state index in [2.05, 4.69) is 50.4 Å². The van der Waals surface area contributed by atoms with Gasteiger partial charge in [-0.2, -0.15) is 0 Å². The number of nitrogens with one attached hydrogen (secondary N) is 1. The monoisotopic (exact) mass is 175 g/mol. The van der Waals surface area contributed by atoms with Crippen LogP contribution in [-0.2, 0) is 0 Å². The lowest BCUT2D eigenvalue weighted by atomic mass is 9.84. The predicted octanol–water partition coefficient (Wildman–Crippen LogP) is 3.38. The molecule has 1 aliphatic heterocycles. The number of benzene rings is 1. The van der Waals surface area contributed by atoms with Crippen LogP contribution in [0.2, 0.25) is 0 Å². The number of fused-ring (bicyclic) bond motifs is 1. The highest BCUT2D eigenvalue weighted by Gasteiger charge is 2.37. The molecule has 1 N–H and O–H groups in total. The van der Waals surface area contributed by atoms with Crippen LogP contribution in [-0.4, -0.2) is 5.54 Å². The summed E-state index contributed by atoms with van der Waals surface area (Å²) < 4.78 is 0. The summed E-state index contributed by atoms with van der Waals surface area (Å²) in [4.78, 5) is 0. The van der Waals surface area contributed by atoms with Crippen molar-refractivity contribution >= 4 is 5.69 Å². The third-order valence-electron chi connectivity index (χ3n) is 3.54. The topological polar surface area (TPSA) is 12.0 Å². The average molecular weight is 175 g/mol. The van der Waals surface area contributed by atoms with E-state index in [1.54, 1.807) is 0 Å². The van der Waals surface area contributed by atoms with Crippen LogP contribution in [0.15, 0.2) is 24.3 Å². The molecule has 0 aromatic heterocycles. The summed E-state index contributed by atoms with van der Waals surface area (Å²) in [7, 11) is 0. The van der Waals surface area contributed by atoms with Crippen LogP contribution in [0.5, 0.6) is 0 Å². The van der Waals surface area contributed by atoms with Gasteiger partial charge in [0, 0.05) is 17.1 Å². The molecule has 0 fully saturated rings. The van der Waals surface area contributed by atoms with Crippen molar-refractivity contribution in [2.75, 3.05) is 5.32 Å². The predicted molar refractivity (Wildman–Crippen MR) is 57.2 cm³/mol. The van der Waals surface area contributed by atoms with Gasteiger partial charge in [0.1, 0.15) is 0 Å². The highest BCUT2D eigenvalue weighted by molar-refractivity contribution is 5.61. The third-order valence-corrected chi connectivity index (χ3v) is 3.54. The van der Waals surface area contributed by atoms with Gasteiger partial charge in [0.15, 0.2) is 0 Å². The SMILES string of the molecule is CCC1(C)Nc2ccccc2C1C. The first kappa shape index (κ1) is 8.61. The van der Waals surface area contributed by atoms with Crippen molar-refractivity contribution in [3.8, 4) is 0 Å². The van der Waals surface area contributed by atoms with Crippen molar-refractivity contribution in [2.45, 2.75) is 38.6 Å². The fourth-order valence-corrected chi connectivity index (χ4v) is 2.14. The summed E-state index contributed by atoms with van der Waals surface area (Å²) in [5.74, 6) is 0.619. The Hall–Kier alpha value is -0.980. The van der Waals surface area contributed by atoms with Gasteiger partial charge in [0.2, 0.25) is 0 Å². The van der Waals surface area contributed by atoms with Crippen LogP contribution in [0.1, 0.15) is 38.7 Å². The highest BCUT2D eigenvalue weighted by Crippen LogP contribution is 2.43. The minimum Gasteiger partial charge on any atom is -0.379 e. The van der Waals surface area contributed by atoms with Crippen molar-refractivity contribution in [3.05, 3.63) is 29.8 Å². The van der Waals surface area contributed by atoms with E-state index in [0.717, 1.165) is 0 Å². The molecular weight excluding hydrogens is 158 g/mol. The minimum absolute atomic E-state index is 0.254. The van der Waals surface area contributed by atoms with Gasteiger partial charge in [-0.15, -0.1) is 0 Å². The quantitative estimate of drug-likeness (QED) is 0.690. The lowest BCUT2D eigenvalue weighted by Crippen LogP contribution is -2.33. The zero-order valence-electron chi connectivity index (χ0n) is 8.59. The number of hydrogen-bond donors (Lipinski definition) is 1. The van der Waals surface area contributed by atoms with Gasteiger partial charge >= 0.3 is 0 Å². The average Bonchev–Trinajstić information content (AvgIpc) is 2.41. The third kappa shape index (κ3) is 1.14. The molecule has 1 aromatic carbocycles. The van der Waals surface area contributed by atoms with Crippen molar-refractivity contribution < 1.29 is 0 Å². The molecular formula is C12H17N. The molecule has 2 atom stereocenters. The van der Waals surface area contributed by atoms with Gasteiger partial charge in [0.05, 0.1) is 0 Å². The fraction of sp³-hybridized carbons (Fsp3) is 0.500. The Morgan fingerprint density at radius 2 is 2.08 bits per heavy atom. The molecule has 1 heteroatoms. The Balaban J connectivity index is 2.43. The molecule has 0 aliphatic carbocycles. The molecule has 2 rings (SSSR count). The summed E-state index contributed by atoms with van der Waals surface area (Å²) in [6.45, 7) is 6.86. The molecule has 70 valence electrons. The largest absolute Gasteiger partial charge is 0.379 e. The molecule has 1 nitrogen and oxygen atoms in total. The van der Waals surface area contributed by atoms with Gasteiger partial charge in [-0.3, -0.25) is 0 Å². The minimum atomic E-state index is 0.254. The molecule has 2 unspecified atom stereocenters. The van der Waals surface area contributed by atoms with E-state index in [-0.39, 0.29) is 5.54 Å². The second-order valence-corrected chi connectivity index (χ2v) is 4.20. The second kappa shape index (κ2) is 2.76. The van der Waals surface area contributed by atoms with Crippen LogP contribution >= 0.6 is 0 Å².